The number of piperidine rings is 2. The van der Waals surface area contributed by atoms with Crippen molar-refractivity contribution in [3.05, 3.63) is 18.5 Å². The highest BCUT2D eigenvalue weighted by atomic mass is 15.2. The van der Waals surface area contributed by atoms with Crippen LogP contribution in [0.5, 0.6) is 0 Å². The fraction of sp³-hybridized carbons (Fsp3) is 0.800. The molecule has 2 saturated heterocycles. The summed E-state index contributed by atoms with van der Waals surface area (Å²) in [4.78, 5) is 13.7. The summed E-state index contributed by atoms with van der Waals surface area (Å²) in [6, 6.07) is 1.88. The third kappa shape index (κ3) is 6.76. The Kier molecular flexibility index (Phi) is 10.6. The van der Waals surface area contributed by atoms with Crippen LogP contribution in [-0.2, 0) is 0 Å². The summed E-state index contributed by atoms with van der Waals surface area (Å²) < 4.78 is 0. The number of aromatic nitrogens is 2. The van der Waals surface area contributed by atoms with Crippen LogP contribution in [-0.4, -0.2) is 47.6 Å². The van der Waals surface area contributed by atoms with Gasteiger partial charge < -0.3 is 9.80 Å². The van der Waals surface area contributed by atoms with E-state index in [4.69, 9.17) is 0 Å². The molecular formula is C20H38N4. The molecular weight excluding hydrogens is 296 g/mol. The first-order chi connectivity index (χ1) is 11.8. The van der Waals surface area contributed by atoms with Crippen molar-refractivity contribution in [3.63, 3.8) is 0 Å². The van der Waals surface area contributed by atoms with E-state index in [1.165, 1.54) is 45.3 Å². The Morgan fingerprint density at radius 2 is 1.42 bits per heavy atom. The largest absolute Gasteiger partial charge is 0.341 e. The zero-order chi connectivity index (χ0) is 17.8. The van der Waals surface area contributed by atoms with Crippen molar-refractivity contribution in [2.45, 2.75) is 60.3 Å². The number of nitrogens with zero attached hydrogens (tertiary/aromatic N) is 4. The van der Waals surface area contributed by atoms with Gasteiger partial charge in [0.1, 0.15) is 0 Å². The summed E-state index contributed by atoms with van der Waals surface area (Å²) in [5.41, 5.74) is 0. The molecule has 4 heteroatoms. The number of likely N-dealkylation sites (tertiary alicyclic amines) is 1. The highest BCUT2D eigenvalue weighted by Crippen LogP contribution is 2.23. The van der Waals surface area contributed by atoms with Crippen LogP contribution in [0, 0.1) is 11.8 Å². The molecule has 0 spiro atoms. The van der Waals surface area contributed by atoms with Crippen molar-refractivity contribution in [1.82, 2.24) is 14.9 Å². The minimum atomic E-state index is 0.864. The van der Waals surface area contributed by atoms with Crippen molar-refractivity contribution in [3.8, 4) is 0 Å². The molecule has 1 aromatic rings. The average molecular weight is 335 g/mol. The van der Waals surface area contributed by atoms with E-state index in [1.54, 1.807) is 0 Å². The molecule has 0 unspecified atom stereocenters. The monoisotopic (exact) mass is 334 g/mol. The van der Waals surface area contributed by atoms with E-state index in [1.807, 2.05) is 46.2 Å². The molecule has 24 heavy (non-hydrogen) atoms. The first kappa shape index (κ1) is 20.9. The number of rotatable bonds is 3. The Morgan fingerprint density at radius 3 is 1.96 bits per heavy atom. The highest BCUT2D eigenvalue weighted by molar-refractivity contribution is 5.28. The summed E-state index contributed by atoms with van der Waals surface area (Å²) >= 11 is 0. The molecule has 4 nitrogen and oxygen atoms in total. The van der Waals surface area contributed by atoms with Crippen molar-refractivity contribution in [2.75, 3.05) is 37.6 Å². The lowest BCUT2D eigenvalue weighted by atomic mass is 9.93. The lowest BCUT2D eigenvalue weighted by molar-refractivity contribution is 0.156. The summed E-state index contributed by atoms with van der Waals surface area (Å²) in [5.74, 6) is 2.70. The molecule has 0 aromatic carbocycles. The van der Waals surface area contributed by atoms with Crippen molar-refractivity contribution in [2.24, 2.45) is 11.8 Å². The molecule has 3 heterocycles. The van der Waals surface area contributed by atoms with Crippen LogP contribution in [0.15, 0.2) is 18.5 Å². The molecule has 2 aliphatic heterocycles. The van der Waals surface area contributed by atoms with Gasteiger partial charge in [0, 0.05) is 32.0 Å². The number of hydrogen-bond acceptors (Lipinski definition) is 4. The summed E-state index contributed by atoms with van der Waals surface area (Å²) in [6.45, 7) is 16.5. The Labute approximate surface area is 149 Å². The van der Waals surface area contributed by atoms with Crippen LogP contribution in [0.2, 0.25) is 0 Å². The van der Waals surface area contributed by atoms with E-state index < -0.39 is 0 Å². The van der Waals surface area contributed by atoms with E-state index in [2.05, 4.69) is 26.7 Å². The van der Waals surface area contributed by atoms with Gasteiger partial charge in [0.15, 0.2) is 0 Å². The molecule has 0 amide bonds. The van der Waals surface area contributed by atoms with Crippen LogP contribution in [0.1, 0.15) is 60.3 Å². The van der Waals surface area contributed by atoms with E-state index in [9.17, 15) is 0 Å². The average Bonchev–Trinajstić information content (AvgIpc) is 2.68. The molecule has 0 aliphatic carbocycles. The van der Waals surface area contributed by atoms with E-state index in [0.717, 1.165) is 30.9 Å². The lowest BCUT2D eigenvalue weighted by Crippen LogP contribution is -2.41. The molecule has 0 bridgehead atoms. The maximum absolute atomic E-state index is 4.36. The summed E-state index contributed by atoms with van der Waals surface area (Å²) in [6.07, 6.45) is 9.01. The molecule has 2 aliphatic rings. The minimum absolute atomic E-state index is 0.864. The van der Waals surface area contributed by atoms with E-state index in [0.29, 0.717) is 0 Å². The van der Waals surface area contributed by atoms with Crippen LogP contribution in [0.25, 0.3) is 0 Å². The Hall–Kier alpha value is -1.16. The van der Waals surface area contributed by atoms with Crippen molar-refractivity contribution in [1.29, 1.82) is 0 Å². The molecule has 1 aromatic heterocycles. The molecule has 0 N–H and O–H groups in total. The van der Waals surface area contributed by atoms with E-state index >= 15 is 0 Å². The van der Waals surface area contributed by atoms with Crippen LogP contribution >= 0.6 is 0 Å². The van der Waals surface area contributed by atoms with Gasteiger partial charge in [-0.1, -0.05) is 34.6 Å². The molecule has 0 radical (unpaired) electrons. The third-order valence-electron chi connectivity index (χ3n) is 4.84. The quantitative estimate of drug-likeness (QED) is 0.816. The Bertz CT molecular complexity index is 393. The van der Waals surface area contributed by atoms with Crippen molar-refractivity contribution < 1.29 is 0 Å². The summed E-state index contributed by atoms with van der Waals surface area (Å²) in [5, 5.41) is 0. The van der Waals surface area contributed by atoms with Crippen LogP contribution in [0.3, 0.4) is 0 Å². The van der Waals surface area contributed by atoms with Gasteiger partial charge in [-0.2, -0.15) is 0 Å². The topological polar surface area (TPSA) is 32.3 Å². The molecule has 0 atom stereocenters. The van der Waals surface area contributed by atoms with Gasteiger partial charge in [0.25, 0.3) is 0 Å². The lowest BCUT2D eigenvalue weighted by Gasteiger charge is -2.37. The van der Waals surface area contributed by atoms with Gasteiger partial charge in [-0.3, -0.25) is 0 Å². The zero-order valence-corrected chi connectivity index (χ0v) is 16.5. The third-order valence-corrected chi connectivity index (χ3v) is 4.84. The second-order valence-electron chi connectivity index (χ2n) is 6.46. The van der Waals surface area contributed by atoms with Gasteiger partial charge in [0.05, 0.1) is 0 Å². The SMILES string of the molecule is CC.CC.CC1CCN(CC2CCN(c3ncccn3)CC2)CC1. The molecule has 0 saturated carbocycles. The second kappa shape index (κ2) is 12.2. The predicted molar refractivity (Wildman–Crippen MR) is 105 cm³/mol. The predicted octanol–water partition coefficient (Wildman–Crippen LogP) is 4.48. The van der Waals surface area contributed by atoms with E-state index in [-0.39, 0.29) is 0 Å². The van der Waals surface area contributed by atoms with Gasteiger partial charge in [-0.05, 0) is 56.7 Å². The maximum atomic E-state index is 4.36. The standard InChI is InChI=1S/C16H26N4.2C2H6/c1-14-3-9-19(10-4-14)13-15-5-11-20(12-6-15)16-17-7-2-8-18-16;2*1-2/h2,7-8,14-15H,3-6,9-13H2,1H3;2*1-2H3. The fourth-order valence-corrected chi connectivity index (χ4v) is 3.38. The highest BCUT2D eigenvalue weighted by Gasteiger charge is 2.24. The minimum Gasteiger partial charge on any atom is -0.341 e. The molecule has 2 fully saturated rings. The summed E-state index contributed by atoms with van der Waals surface area (Å²) in [7, 11) is 0. The first-order valence-electron chi connectivity index (χ1n) is 10.1. The molecule has 3 rings (SSSR count). The van der Waals surface area contributed by atoms with Gasteiger partial charge in [-0.15, -0.1) is 0 Å². The van der Waals surface area contributed by atoms with Gasteiger partial charge >= 0.3 is 0 Å². The number of hydrogen-bond donors (Lipinski definition) is 0. The van der Waals surface area contributed by atoms with Gasteiger partial charge in [-0.25, -0.2) is 9.97 Å². The van der Waals surface area contributed by atoms with Gasteiger partial charge in [0.2, 0.25) is 5.95 Å². The van der Waals surface area contributed by atoms with Crippen molar-refractivity contribution >= 4 is 5.95 Å². The number of anilines is 1. The second-order valence-corrected chi connectivity index (χ2v) is 6.46. The smallest absolute Gasteiger partial charge is 0.225 e. The first-order valence-corrected chi connectivity index (χ1v) is 10.1. The molecule has 138 valence electrons. The Balaban J connectivity index is 0.000000671. The normalized spacial score (nSPS) is 19.8. The van der Waals surface area contributed by atoms with Crippen LogP contribution < -0.4 is 4.90 Å². The van der Waals surface area contributed by atoms with Crippen LogP contribution in [0.4, 0.5) is 5.95 Å². The Morgan fingerprint density at radius 1 is 0.875 bits per heavy atom. The maximum Gasteiger partial charge on any atom is 0.225 e. The fourth-order valence-electron chi connectivity index (χ4n) is 3.38. The zero-order valence-electron chi connectivity index (χ0n) is 16.5.